The second-order valence-corrected chi connectivity index (χ2v) is 9.93. The molecule has 0 unspecified atom stereocenters. The van der Waals surface area contributed by atoms with Crippen LogP contribution in [0.15, 0.2) is 52.6 Å². The number of amides is 2. The molecule has 3 aliphatic rings. The van der Waals surface area contributed by atoms with Gasteiger partial charge in [-0.05, 0) is 35.8 Å². The summed E-state index contributed by atoms with van der Waals surface area (Å²) in [5, 5.41) is 0. The third kappa shape index (κ3) is 4.41. The van der Waals surface area contributed by atoms with Gasteiger partial charge in [-0.15, -0.1) is 4.40 Å². The molecule has 8 nitrogen and oxygen atoms in total. The maximum Gasteiger partial charge on any atom is 0.257 e. The number of hydrogen-bond donors (Lipinski definition) is 0. The summed E-state index contributed by atoms with van der Waals surface area (Å²) < 4.78 is 27.7. The van der Waals surface area contributed by atoms with Gasteiger partial charge in [0.25, 0.3) is 21.8 Å². The molecule has 1 aromatic carbocycles. The minimum atomic E-state index is -3.56. The van der Waals surface area contributed by atoms with Crippen molar-refractivity contribution in [1.29, 1.82) is 0 Å². The van der Waals surface area contributed by atoms with Crippen molar-refractivity contribution in [1.82, 2.24) is 14.7 Å². The van der Waals surface area contributed by atoms with Crippen molar-refractivity contribution in [2.45, 2.75) is 19.8 Å². The molecule has 0 bridgehead atoms. The number of benzene rings is 1. The van der Waals surface area contributed by atoms with Crippen molar-refractivity contribution in [2.75, 3.05) is 38.5 Å². The smallest absolute Gasteiger partial charge is 0.257 e. The highest BCUT2D eigenvalue weighted by molar-refractivity contribution is 7.90. The normalized spacial score (nSPS) is 20.3. The maximum atomic E-state index is 13.1. The first-order chi connectivity index (χ1) is 14.7. The van der Waals surface area contributed by atoms with Crippen molar-refractivity contribution < 1.29 is 18.0 Å². The Kier molecular flexibility index (Phi) is 5.70. The van der Waals surface area contributed by atoms with Crippen LogP contribution >= 0.6 is 0 Å². The number of nitrogens with zero attached hydrogens (tertiary/aromatic N) is 4. The van der Waals surface area contributed by atoms with Gasteiger partial charge in [0.15, 0.2) is 5.84 Å². The fraction of sp³-hybridized carbons (Fsp3) is 0.409. The van der Waals surface area contributed by atoms with Crippen LogP contribution in [0, 0.1) is 0 Å². The molecular weight excluding hydrogens is 416 g/mol. The van der Waals surface area contributed by atoms with Crippen LogP contribution in [-0.2, 0) is 14.8 Å². The molecule has 3 aliphatic heterocycles. The first-order valence-corrected chi connectivity index (χ1v) is 12.0. The van der Waals surface area contributed by atoms with Crippen LogP contribution in [0.1, 0.15) is 35.7 Å². The van der Waals surface area contributed by atoms with E-state index in [1.165, 1.54) is 5.56 Å². The molecule has 0 saturated carbocycles. The summed E-state index contributed by atoms with van der Waals surface area (Å²) in [6, 6.07) is 7.66. The van der Waals surface area contributed by atoms with Gasteiger partial charge in [0.1, 0.15) is 0 Å². The van der Waals surface area contributed by atoms with Gasteiger partial charge in [-0.3, -0.25) is 9.59 Å². The summed E-state index contributed by atoms with van der Waals surface area (Å²) in [5.74, 6) is 0.209. The molecule has 31 heavy (non-hydrogen) atoms. The summed E-state index contributed by atoms with van der Waals surface area (Å²) in [7, 11) is -3.56. The predicted octanol–water partition coefficient (Wildman–Crippen LogP) is 1.59. The van der Waals surface area contributed by atoms with Crippen LogP contribution in [0.25, 0.3) is 0 Å². The number of fused-ring (bicyclic) bond motifs is 1. The Bertz CT molecular complexity index is 1080. The van der Waals surface area contributed by atoms with Gasteiger partial charge in [-0.2, -0.15) is 0 Å². The van der Waals surface area contributed by atoms with E-state index in [9.17, 15) is 18.0 Å². The number of rotatable bonds is 3. The molecule has 1 aromatic rings. The number of carbonyl (C=O) groups is 2. The minimum Gasteiger partial charge on any atom is -0.335 e. The highest BCUT2D eigenvalue weighted by atomic mass is 32.2. The zero-order valence-corrected chi connectivity index (χ0v) is 18.5. The fourth-order valence-corrected chi connectivity index (χ4v) is 4.84. The second-order valence-electron chi connectivity index (χ2n) is 8.18. The first-order valence-electron chi connectivity index (χ1n) is 10.4. The van der Waals surface area contributed by atoms with Crippen molar-refractivity contribution in [2.24, 2.45) is 4.40 Å². The first kappa shape index (κ1) is 21.3. The molecule has 4 rings (SSSR count). The van der Waals surface area contributed by atoms with Crippen molar-refractivity contribution >= 4 is 27.7 Å². The third-order valence-corrected chi connectivity index (χ3v) is 6.92. The Morgan fingerprint density at radius 1 is 0.935 bits per heavy atom. The van der Waals surface area contributed by atoms with Crippen molar-refractivity contribution in [3.05, 3.63) is 59.3 Å². The molecule has 2 amide bonds. The molecule has 0 atom stereocenters. The van der Waals surface area contributed by atoms with Crippen LogP contribution in [0.3, 0.4) is 0 Å². The van der Waals surface area contributed by atoms with Gasteiger partial charge in [-0.25, -0.2) is 8.42 Å². The average molecular weight is 443 g/mol. The van der Waals surface area contributed by atoms with Gasteiger partial charge in [-0.1, -0.05) is 26.0 Å². The van der Waals surface area contributed by atoms with E-state index in [4.69, 9.17) is 0 Å². The van der Waals surface area contributed by atoms with E-state index in [0.717, 1.165) is 0 Å². The molecule has 0 radical (unpaired) electrons. The quantitative estimate of drug-likeness (QED) is 0.709. The molecule has 0 spiro atoms. The standard InChI is InChI=1S/C22H26N4O4S/c1-16(2)17-5-7-18(8-6-17)21(27)25-10-12-26(13-11-25)22(28)19-4-3-9-24-14-15-31(29,30)23-20(19)24/h3-9,16H,10-15H2,1-2H3. The maximum absolute atomic E-state index is 13.1. The highest BCUT2D eigenvalue weighted by Gasteiger charge is 2.33. The van der Waals surface area contributed by atoms with Crippen LogP contribution in [0.4, 0.5) is 0 Å². The summed E-state index contributed by atoms with van der Waals surface area (Å²) in [6.07, 6.45) is 5.06. The molecule has 1 saturated heterocycles. The molecule has 0 N–H and O–H groups in total. The molecule has 1 fully saturated rings. The number of allylic oxidation sites excluding steroid dienone is 2. The number of carbonyl (C=O) groups excluding carboxylic acids is 2. The fourth-order valence-electron chi connectivity index (χ4n) is 3.86. The molecular formula is C22H26N4O4S. The van der Waals surface area contributed by atoms with Crippen LogP contribution in [0.5, 0.6) is 0 Å². The number of amidine groups is 1. The molecule has 164 valence electrons. The van der Waals surface area contributed by atoms with E-state index >= 15 is 0 Å². The zero-order valence-electron chi connectivity index (χ0n) is 17.7. The monoisotopic (exact) mass is 442 g/mol. The van der Waals surface area contributed by atoms with Crippen molar-refractivity contribution in [3.63, 3.8) is 0 Å². The van der Waals surface area contributed by atoms with E-state index in [0.29, 0.717) is 37.7 Å². The highest BCUT2D eigenvalue weighted by Crippen LogP contribution is 2.21. The largest absolute Gasteiger partial charge is 0.335 e. The van der Waals surface area contributed by atoms with Crippen molar-refractivity contribution in [3.8, 4) is 0 Å². The summed E-state index contributed by atoms with van der Waals surface area (Å²) in [5.41, 5.74) is 2.10. The topological polar surface area (TPSA) is 90.4 Å². The lowest BCUT2D eigenvalue weighted by Crippen LogP contribution is -2.52. The molecule has 0 aromatic heterocycles. The second kappa shape index (κ2) is 8.30. The Hall–Kier alpha value is -2.94. The van der Waals surface area contributed by atoms with Gasteiger partial charge in [0.05, 0.1) is 11.3 Å². The lowest BCUT2D eigenvalue weighted by molar-refractivity contribution is -0.128. The number of sulfonamides is 1. The average Bonchev–Trinajstić information content (AvgIpc) is 2.77. The Morgan fingerprint density at radius 3 is 2.16 bits per heavy atom. The predicted molar refractivity (Wildman–Crippen MR) is 118 cm³/mol. The van der Waals surface area contributed by atoms with E-state index in [2.05, 4.69) is 18.2 Å². The van der Waals surface area contributed by atoms with Crippen LogP contribution in [0.2, 0.25) is 0 Å². The van der Waals surface area contributed by atoms with E-state index in [-0.39, 0.29) is 35.5 Å². The summed E-state index contributed by atoms with van der Waals surface area (Å²) >= 11 is 0. The zero-order chi connectivity index (χ0) is 22.2. The molecule has 3 heterocycles. The lowest BCUT2D eigenvalue weighted by atomic mass is 10.0. The lowest BCUT2D eigenvalue weighted by Gasteiger charge is -2.36. The Labute approximate surface area is 182 Å². The summed E-state index contributed by atoms with van der Waals surface area (Å²) in [6.45, 7) is 6.12. The number of piperazine rings is 1. The van der Waals surface area contributed by atoms with E-state index < -0.39 is 10.0 Å². The van der Waals surface area contributed by atoms with Gasteiger partial charge < -0.3 is 14.7 Å². The van der Waals surface area contributed by atoms with Gasteiger partial charge in [0, 0.05) is 44.5 Å². The third-order valence-electron chi connectivity index (χ3n) is 5.77. The minimum absolute atomic E-state index is 0.0452. The Morgan fingerprint density at radius 2 is 1.55 bits per heavy atom. The number of hydrogen-bond acceptors (Lipinski definition) is 5. The van der Waals surface area contributed by atoms with E-state index in [1.807, 2.05) is 24.3 Å². The molecule has 0 aliphatic carbocycles. The van der Waals surface area contributed by atoms with Crippen LogP contribution in [-0.4, -0.2) is 79.2 Å². The van der Waals surface area contributed by atoms with Gasteiger partial charge >= 0.3 is 0 Å². The molecule has 9 heteroatoms. The van der Waals surface area contributed by atoms with Gasteiger partial charge in [0.2, 0.25) is 0 Å². The Balaban J connectivity index is 1.42. The SMILES string of the molecule is CC(C)c1ccc(C(=O)N2CCN(C(=O)C3=CC=CN4CCS(=O)(=O)N=C34)CC2)cc1. The van der Waals surface area contributed by atoms with E-state index in [1.54, 1.807) is 33.1 Å². The van der Waals surface area contributed by atoms with Crippen LogP contribution < -0.4 is 0 Å². The summed E-state index contributed by atoms with van der Waals surface area (Å²) in [4.78, 5) is 31.0.